The highest BCUT2D eigenvalue weighted by Crippen LogP contribution is 2.27. The zero-order valence-electron chi connectivity index (χ0n) is 12.9. The molecule has 2 N–H and O–H groups in total. The zero-order valence-corrected chi connectivity index (χ0v) is 12.9. The molecule has 0 bridgehead atoms. The van der Waals surface area contributed by atoms with Crippen molar-refractivity contribution < 1.29 is 14.0 Å². The van der Waals surface area contributed by atoms with Crippen LogP contribution in [-0.4, -0.2) is 47.9 Å². The van der Waals surface area contributed by atoms with Crippen LogP contribution in [0, 0.1) is 0 Å². The summed E-state index contributed by atoms with van der Waals surface area (Å²) in [5.41, 5.74) is 0.430. The molecule has 22 heavy (non-hydrogen) atoms. The van der Waals surface area contributed by atoms with Crippen LogP contribution in [0.3, 0.4) is 0 Å². The number of furan rings is 1. The number of carbonyl (C=O) groups is 2. The predicted octanol–water partition coefficient (Wildman–Crippen LogP) is 1.14. The van der Waals surface area contributed by atoms with Crippen molar-refractivity contribution in [1.82, 2.24) is 15.5 Å². The van der Waals surface area contributed by atoms with Crippen LogP contribution in [0.5, 0.6) is 0 Å². The molecule has 3 rings (SSSR count). The highest BCUT2D eigenvalue weighted by molar-refractivity contribution is 5.97. The summed E-state index contributed by atoms with van der Waals surface area (Å²) in [6.07, 6.45) is 7.46. The van der Waals surface area contributed by atoms with Gasteiger partial charge in [-0.25, -0.2) is 0 Å². The van der Waals surface area contributed by atoms with Crippen LogP contribution in [0.15, 0.2) is 23.0 Å². The van der Waals surface area contributed by atoms with E-state index in [1.54, 1.807) is 13.0 Å². The first-order valence-corrected chi connectivity index (χ1v) is 8.02. The molecule has 1 aromatic rings. The fraction of sp³-hybridized carbons (Fsp3) is 0.625. The second-order valence-electron chi connectivity index (χ2n) is 6.21. The first-order valence-electron chi connectivity index (χ1n) is 8.02. The maximum absolute atomic E-state index is 12.3. The van der Waals surface area contributed by atoms with E-state index in [-0.39, 0.29) is 17.9 Å². The van der Waals surface area contributed by atoms with Crippen LogP contribution >= 0.6 is 0 Å². The maximum Gasteiger partial charge on any atom is 0.255 e. The first-order chi connectivity index (χ1) is 10.6. The maximum atomic E-state index is 12.3. The Morgan fingerprint density at radius 1 is 1.32 bits per heavy atom. The molecule has 3 atom stereocenters. The summed E-state index contributed by atoms with van der Waals surface area (Å²) < 4.78 is 4.88. The molecular weight excluding hydrogens is 282 g/mol. The van der Waals surface area contributed by atoms with Gasteiger partial charge >= 0.3 is 0 Å². The van der Waals surface area contributed by atoms with Crippen molar-refractivity contribution in [1.29, 1.82) is 0 Å². The van der Waals surface area contributed by atoms with Gasteiger partial charge in [0.15, 0.2) is 0 Å². The summed E-state index contributed by atoms with van der Waals surface area (Å²) in [5, 5.41) is 5.81. The topological polar surface area (TPSA) is 74.6 Å². The normalized spacial score (nSPS) is 26.2. The lowest BCUT2D eigenvalue weighted by Crippen LogP contribution is -2.52. The lowest BCUT2D eigenvalue weighted by molar-refractivity contribution is -0.123. The van der Waals surface area contributed by atoms with Crippen molar-refractivity contribution >= 4 is 11.8 Å². The fourth-order valence-electron chi connectivity index (χ4n) is 3.46. The molecule has 2 amide bonds. The molecule has 6 nitrogen and oxygen atoms in total. The summed E-state index contributed by atoms with van der Waals surface area (Å²) >= 11 is 0. The third kappa shape index (κ3) is 3.16. The zero-order chi connectivity index (χ0) is 15.5. The number of nitrogens with zero attached hydrogens (tertiary/aromatic N) is 1. The Hall–Kier alpha value is -1.82. The van der Waals surface area contributed by atoms with E-state index in [4.69, 9.17) is 4.42 Å². The van der Waals surface area contributed by atoms with Crippen molar-refractivity contribution in [2.75, 3.05) is 13.1 Å². The van der Waals surface area contributed by atoms with Crippen molar-refractivity contribution in [2.45, 2.75) is 50.7 Å². The van der Waals surface area contributed by atoms with Gasteiger partial charge in [0.05, 0.1) is 11.8 Å². The molecule has 2 fully saturated rings. The Kier molecular flexibility index (Phi) is 4.47. The monoisotopic (exact) mass is 305 g/mol. The van der Waals surface area contributed by atoms with Crippen LogP contribution in [-0.2, 0) is 4.79 Å². The predicted molar refractivity (Wildman–Crippen MR) is 81.4 cm³/mol. The van der Waals surface area contributed by atoms with Crippen molar-refractivity contribution in [3.63, 3.8) is 0 Å². The second kappa shape index (κ2) is 6.52. The van der Waals surface area contributed by atoms with Gasteiger partial charge in [-0.15, -0.1) is 0 Å². The van der Waals surface area contributed by atoms with E-state index in [1.165, 1.54) is 25.4 Å². The van der Waals surface area contributed by atoms with Crippen molar-refractivity contribution in [3.8, 4) is 0 Å². The van der Waals surface area contributed by atoms with Gasteiger partial charge in [-0.2, -0.15) is 0 Å². The third-order valence-electron chi connectivity index (χ3n) is 4.71. The molecule has 1 aromatic heterocycles. The molecular formula is C16H23N3O3. The summed E-state index contributed by atoms with van der Waals surface area (Å²) in [6.45, 7) is 3.91. The smallest absolute Gasteiger partial charge is 0.255 e. The van der Waals surface area contributed by atoms with E-state index in [1.807, 2.05) is 0 Å². The molecule has 0 radical (unpaired) electrons. The summed E-state index contributed by atoms with van der Waals surface area (Å²) in [6, 6.07) is 1.70. The van der Waals surface area contributed by atoms with Crippen LogP contribution in [0.25, 0.3) is 0 Å². The Labute approximate surface area is 130 Å². The number of fused-ring (bicyclic) bond motifs is 1. The van der Waals surface area contributed by atoms with Gasteiger partial charge in [0.2, 0.25) is 5.91 Å². The standard InChI is InChI=1S/C16H23N3O3/c1-11(17-16(21)12-6-9-22-10-12)15(20)18-13-5-8-19-7-3-2-4-14(13)19/h6,9-11,13-14H,2-5,7-8H2,1H3,(H,17,21)(H,18,20)/t11-,13-,14-/m0/s1. The summed E-state index contributed by atoms with van der Waals surface area (Å²) in [7, 11) is 0. The number of nitrogens with one attached hydrogen (secondary N) is 2. The molecule has 2 saturated heterocycles. The Morgan fingerprint density at radius 2 is 2.18 bits per heavy atom. The van der Waals surface area contributed by atoms with E-state index in [9.17, 15) is 9.59 Å². The Bertz CT molecular complexity index is 529. The molecule has 0 spiro atoms. The summed E-state index contributed by atoms with van der Waals surface area (Å²) in [4.78, 5) is 26.7. The minimum Gasteiger partial charge on any atom is -0.472 e. The largest absolute Gasteiger partial charge is 0.472 e. The molecule has 0 aromatic carbocycles. The van der Waals surface area contributed by atoms with Gasteiger partial charge in [0.1, 0.15) is 12.3 Å². The van der Waals surface area contributed by atoms with Crippen LogP contribution < -0.4 is 10.6 Å². The average molecular weight is 305 g/mol. The molecule has 0 saturated carbocycles. The molecule has 0 unspecified atom stereocenters. The molecule has 2 aliphatic heterocycles. The van der Waals surface area contributed by atoms with Gasteiger partial charge in [-0.3, -0.25) is 14.5 Å². The minimum absolute atomic E-state index is 0.116. The second-order valence-corrected chi connectivity index (χ2v) is 6.21. The Balaban J connectivity index is 1.52. The van der Waals surface area contributed by atoms with E-state index in [0.29, 0.717) is 11.6 Å². The van der Waals surface area contributed by atoms with Gasteiger partial charge in [-0.05, 0) is 38.8 Å². The van der Waals surface area contributed by atoms with E-state index >= 15 is 0 Å². The van der Waals surface area contributed by atoms with Crippen LogP contribution in [0.1, 0.15) is 43.0 Å². The molecule has 3 heterocycles. The van der Waals surface area contributed by atoms with Gasteiger partial charge < -0.3 is 15.1 Å². The fourth-order valence-corrected chi connectivity index (χ4v) is 3.46. The minimum atomic E-state index is -0.556. The average Bonchev–Trinajstić information content (AvgIpc) is 3.17. The number of amides is 2. The lowest BCUT2D eigenvalue weighted by atomic mass is 9.99. The molecule has 6 heteroatoms. The van der Waals surface area contributed by atoms with Crippen LogP contribution in [0.2, 0.25) is 0 Å². The number of piperidine rings is 1. The number of hydrogen-bond donors (Lipinski definition) is 2. The van der Waals surface area contributed by atoms with Crippen molar-refractivity contribution in [2.24, 2.45) is 0 Å². The Morgan fingerprint density at radius 3 is 2.95 bits per heavy atom. The molecule has 2 aliphatic rings. The van der Waals surface area contributed by atoms with E-state index in [0.717, 1.165) is 25.9 Å². The lowest BCUT2D eigenvalue weighted by Gasteiger charge is -2.33. The number of rotatable bonds is 4. The van der Waals surface area contributed by atoms with E-state index in [2.05, 4.69) is 15.5 Å². The molecule has 0 aliphatic carbocycles. The number of hydrogen-bond acceptors (Lipinski definition) is 4. The number of carbonyl (C=O) groups excluding carboxylic acids is 2. The molecule has 120 valence electrons. The highest BCUT2D eigenvalue weighted by atomic mass is 16.3. The first kappa shape index (κ1) is 15.1. The van der Waals surface area contributed by atoms with Crippen molar-refractivity contribution in [3.05, 3.63) is 24.2 Å². The third-order valence-corrected chi connectivity index (χ3v) is 4.71. The van der Waals surface area contributed by atoms with Gasteiger partial charge in [0, 0.05) is 18.6 Å². The quantitative estimate of drug-likeness (QED) is 0.875. The van der Waals surface area contributed by atoms with E-state index < -0.39 is 6.04 Å². The van der Waals surface area contributed by atoms with Crippen LogP contribution in [0.4, 0.5) is 0 Å². The SMILES string of the molecule is C[C@H](NC(=O)c1ccoc1)C(=O)N[C@H]1CCN2CCCC[C@@H]12. The van der Waals surface area contributed by atoms with Gasteiger partial charge in [-0.1, -0.05) is 6.42 Å². The highest BCUT2D eigenvalue weighted by Gasteiger charge is 2.36. The van der Waals surface area contributed by atoms with Gasteiger partial charge in [0.25, 0.3) is 5.91 Å². The summed E-state index contributed by atoms with van der Waals surface area (Å²) in [5.74, 6) is -0.406.